The number of halogens is 1. The molecule has 4 nitrogen and oxygen atoms in total. The zero-order chi connectivity index (χ0) is 22.1. The highest BCUT2D eigenvalue weighted by atomic mass is 35.5. The van der Waals surface area contributed by atoms with Crippen molar-refractivity contribution in [1.29, 1.82) is 0 Å². The standard InChI is InChI=1S/C27H24ClN3O/c1-19-17-25(24-12-6-11-23(26(24)29-19)20-7-3-2-4-8-20)27(32)31-15-13-30(14-16-31)22-10-5-9-21(28)18-22/h2-12,17-18H,13-16H2,1H3. The quantitative estimate of drug-likeness (QED) is 0.401. The molecule has 0 atom stereocenters. The minimum Gasteiger partial charge on any atom is -0.368 e. The highest BCUT2D eigenvalue weighted by Gasteiger charge is 2.24. The van der Waals surface area contributed by atoms with E-state index in [0.717, 1.165) is 57.1 Å². The highest BCUT2D eigenvalue weighted by molar-refractivity contribution is 6.30. The van der Waals surface area contributed by atoms with E-state index < -0.39 is 0 Å². The van der Waals surface area contributed by atoms with Gasteiger partial charge in [0, 0.05) is 53.5 Å². The van der Waals surface area contributed by atoms with Crippen LogP contribution >= 0.6 is 11.6 Å². The number of piperazine rings is 1. The van der Waals surface area contributed by atoms with E-state index in [-0.39, 0.29) is 5.91 Å². The topological polar surface area (TPSA) is 36.4 Å². The number of aryl methyl sites for hydroxylation is 1. The number of rotatable bonds is 3. The van der Waals surface area contributed by atoms with E-state index >= 15 is 0 Å². The summed E-state index contributed by atoms with van der Waals surface area (Å²) < 4.78 is 0. The molecule has 0 unspecified atom stereocenters. The van der Waals surface area contributed by atoms with Crippen LogP contribution in [0.2, 0.25) is 5.02 Å². The van der Waals surface area contributed by atoms with Gasteiger partial charge in [-0.3, -0.25) is 9.78 Å². The van der Waals surface area contributed by atoms with Gasteiger partial charge in [0.15, 0.2) is 0 Å². The van der Waals surface area contributed by atoms with Gasteiger partial charge in [0.25, 0.3) is 5.91 Å². The molecule has 1 aliphatic rings. The number of hydrogen-bond acceptors (Lipinski definition) is 3. The summed E-state index contributed by atoms with van der Waals surface area (Å²) in [5, 5.41) is 1.63. The lowest BCUT2D eigenvalue weighted by Gasteiger charge is -2.36. The lowest BCUT2D eigenvalue weighted by Crippen LogP contribution is -2.48. The van der Waals surface area contributed by atoms with Crippen molar-refractivity contribution in [2.24, 2.45) is 0 Å². The van der Waals surface area contributed by atoms with Gasteiger partial charge in [0.1, 0.15) is 0 Å². The molecule has 5 heteroatoms. The van der Waals surface area contributed by atoms with Crippen molar-refractivity contribution < 1.29 is 4.79 Å². The van der Waals surface area contributed by atoms with Crippen LogP contribution in [0.1, 0.15) is 16.1 Å². The molecule has 1 aliphatic heterocycles. The van der Waals surface area contributed by atoms with Crippen LogP contribution in [0.3, 0.4) is 0 Å². The van der Waals surface area contributed by atoms with Gasteiger partial charge in [-0.05, 0) is 36.8 Å². The molecule has 0 bridgehead atoms. The van der Waals surface area contributed by atoms with E-state index in [4.69, 9.17) is 16.6 Å². The average Bonchev–Trinajstić information content (AvgIpc) is 2.83. The lowest BCUT2D eigenvalue weighted by atomic mass is 9.98. The molecule has 0 aliphatic carbocycles. The summed E-state index contributed by atoms with van der Waals surface area (Å²) >= 11 is 6.15. The number of amides is 1. The third kappa shape index (κ3) is 3.94. The van der Waals surface area contributed by atoms with Crippen LogP contribution < -0.4 is 4.90 Å². The SMILES string of the molecule is Cc1cc(C(=O)N2CCN(c3cccc(Cl)c3)CC2)c2cccc(-c3ccccc3)c2n1. The van der Waals surface area contributed by atoms with E-state index in [1.807, 2.05) is 66.4 Å². The molecular formula is C27H24ClN3O. The van der Waals surface area contributed by atoms with Crippen LogP contribution in [-0.4, -0.2) is 42.0 Å². The van der Waals surface area contributed by atoms with Crippen LogP contribution in [0.25, 0.3) is 22.0 Å². The number of nitrogens with zero attached hydrogens (tertiary/aromatic N) is 3. The van der Waals surface area contributed by atoms with Gasteiger partial charge in [-0.25, -0.2) is 0 Å². The zero-order valence-electron chi connectivity index (χ0n) is 18.0. The van der Waals surface area contributed by atoms with E-state index in [2.05, 4.69) is 29.2 Å². The number of carbonyl (C=O) groups is 1. The Morgan fingerprint density at radius 3 is 2.38 bits per heavy atom. The Morgan fingerprint density at radius 1 is 0.875 bits per heavy atom. The molecule has 0 radical (unpaired) electrons. The summed E-state index contributed by atoms with van der Waals surface area (Å²) in [5.41, 5.74) is 5.70. The fourth-order valence-corrected chi connectivity index (χ4v) is 4.60. The van der Waals surface area contributed by atoms with Gasteiger partial charge in [0.2, 0.25) is 0 Å². The normalized spacial score (nSPS) is 14.1. The van der Waals surface area contributed by atoms with Crippen LogP contribution in [-0.2, 0) is 0 Å². The number of aromatic nitrogens is 1. The molecule has 0 saturated carbocycles. The van der Waals surface area contributed by atoms with Crippen molar-refractivity contribution in [3.05, 3.63) is 95.1 Å². The zero-order valence-corrected chi connectivity index (χ0v) is 18.7. The second kappa shape index (κ2) is 8.64. The van der Waals surface area contributed by atoms with Gasteiger partial charge in [-0.2, -0.15) is 0 Å². The maximum absolute atomic E-state index is 13.6. The van der Waals surface area contributed by atoms with Gasteiger partial charge < -0.3 is 9.80 Å². The smallest absolute Gasteiger partial charge is 0.254 e. The third-order valence-corrected chi connectivity index (χ3v) is 6.26. The van der Waals surface area contributed by atoms with Crippen molar-refractivity contribution in [1.82, 2.24) is 9.88 Å². The second-order valence-electron chi connectivity index (χ2n) is 8.14. The van der Waals surface area contributed by atoms with Gasteiger partial charge in [-0.15, -0.1) is 0 Å². The van der Waals surface area contributed by atoms with Crippen molar-refractivity contribution >= 4 is 34.1 Å². The summed E-state index contributed by atoms with van der Waals surface area (Å²) in [7, 11) is 0. The fourth-order valence-electron chi connectivity index (χ4n) is 4.42. The molecule has 32 heavy (non-hydrogen) atoms. The fraction of sp³-hybridized carbons (Fsp3) is 0.185. The first-order chi connectivity index (χ1) is 15.6. The first-order valence-corrected chi connectivity index (χ1v) is 11.2. The Morgan fingerprint density at radius 2 is 1.62 bits per heavy atom. The molecule has 0 N–H and O–H groups in total. The van der Waals surface area contributed by atoms with Crippen molar-refractivity contribution in [3.8, 4) is 11.1 Å². The monoisotopic (exact) mass is 441 g/mol. The summed E-state index contributed by atoms with van der Waals surface area (Å²) in [5.74, 6) is 0.0662. The Bertz CT molecular complexity index is 1280. The molecule has 1 aromatic heterocycles. The minimum absolute atomic E-state index is 0.0662. The van der Waals surface area contributed by atoms with Crippen molar-refractivity contribution in [2.45, 2.75) is 6.92 Å². The lowest BCUT2D eigenvalue weighted by molar-refractivity contribution is 0.0748. The van der Waals surface area contributed by atoms with Crippen molar-refractivity contribution in [2.75, 3.05) is 31.1 Å². The van der Waals surface area contributed by atoms with Crippen LogP contribution in [0.15, 0.2) is 78.9 Å². The molecule has 1 saturated heterocycles. The molecule has 0 spiro atoms. The maximum atomic E-state index is 13.6. The first kappa shape index (κ1) is 20.5. The Hall–Kier alpha value is -3.37. The highest BCUT2D eigenvalue weighted by Crippen LogP contribution is 2.30. The third-order valence-electron chi connectivity index (χ3n) is 6.02. The molecule has 2 heterocycles. The number of pyridine rings is 1. The molecule has 5 rings (SSSR count). The van der Waals surface area contributed by atoms with Gasteiger partial charge in [-0.1, -0.05) is 66.2 Å². The van der Waals surface area contributed by atoms with E-state index in [9.17, 15) is 4.79 Å². The Balaban J connectivity index is 1.44. The molecule has 160 valence electrons. The molecule has 1 fully saturated rings. The number of anilines is 1. The van der Waals surface area contributed by atoms with Crippen molar-refractivity contribution in [3.63, 3.8) is 0 Å². The minimum atomic E-state index is 0.0662. The number of fused-ring (bicyclic) bond motifs is 1. The van der Waals surface area contributed by atoms with Crippen LogP contribution in [0.4, 0.5) is 5.69 Å². The summed E-state index contributed by atoms with van der Waals surface area (Å²) in [6.07, 6.45) is 0. The molecule has 3 aromatic carbocycles. The van der Waals surface area contributed by atoms with E-state index in [1.54, 1.807) is 0 Å². The second-order valence-corrected chi connectivity index (χ2v) is 8.57. The predicted octanol–water partition coefficient (Wildman–Crippen LogP) is 5.83. The predicted molar refractivity (Wildman–Crippen MR) is 131 cm³/mol. The number of para-hydroxylation sites is 1. The Kier molecular flexibility index (Phi) is 5.54. The Labute approximate surface area is 193 Å². The summed E-state index contributed by atoms with van der Waals surface area (Å²) in [4.78, 5) is 22.6. The molecular weight excluding hydrogens is 418 g/mol. The first-order valence-electron chi connectivity index (χ1n) is 10.9. The van der Waals surface area contributed by atoms with Gasteiger partial charge >= 0.3 is 0 Å². The van der Waals surface area contributed by atoms with Crippen LogP contribution in [0, 0.1) is 6.92 Å². The average molecular weight is 442 g/mol. The maximum Gasteiger partial charge on any atom is 0.254 e. The molecule has 4 aromatic rings. The largest absolute Gasteiger partial charge is 0.368 e. The van der Waals surface area contributed by atoms with E-state index in [0.29, 0.717) is 13.1 Å². The summed E-state index contributed by atoms with van der Waals surface area (Å²) in [6.45, 7) is 4.86. The van der Waals surface area contributed by atoms with E-state index in [1.165, 1.54) is 0 Å². The van der Waals surface area contributed by atoms with Crippen LogP contribution in [0.5, 0.6) is 0 Å². The van der Waals surface area contributed by atoms with Gasteiger partial charge in [0.05, 0.1) is 11.1 Å². The number of benzene rings is 3. The number of hydrogen-bond donors (Lipinski definition) is 0. The number of carbonyl (C=O) groups excluding carboxylic acids is 1. The molecule has 1 amide bonds. The summed E-state index contributed by atoms with van der Waals surface area (Å²) in [6, 6.07) is 26.1.